The first-order valence-electron chi connectivity index (χ1n) is 5.79. The van der Waals surface area contributed by atoms with Crippen molar-refractivity contribution in [1.82, 2.24) is 0 Å². The van der Waals surface area contributed by atoms with Crippen LogP contribution in [0.1, 0.15) is 16.1 Å². The Morgan fingerprint density at radius 2 is 1.58 bits per heavy atom. The van der Waals surface area contributed by atoms with Crippen molar-refractivity contribution in [2.75, 3.05) is 0 Å². The first-order valence-corrected chi connectivity index (χ1v) is 5.79. The first kappa shape index (κ1) is 11.4. The van der Waals surface area contributed by atoms with Gasteiger partial charge in [-0.1, -0.05) is 43.5 Å². The quantitative estimate of drug-likeness (QED) is 0.822. The van der Waals surface area contributed by atoms with Crippen LogP contribution in [0.15, 0.2) is 64.4 Å². The zero-order valence-electron chi connectivity index (χ0n) is 10.1. The molecule has 0 saturated carbocycles. The van der Waals surface area contributed by atoms with Gasteiger partial charge in [0, 0.05) is 16.5 Å². The second-order valence-corrected chi connectivity index (χ2v) is 4.20. The van der Waals surface area contributed by atoms with Crippen molar-refractivity contribution in [1.29, 1.82) is 0 Å². The number of rotatable bonds is 2. The zero-order valence-corrected chi connectivity index (χ0v) is 10.1. The third kappa shape index (κ3) is 1.38. The summed E-state index contributed by atoms with van der Waals surface area (Å²) in [6, 6.07) is 6.92. The minimum absolute atomic E-state index is 0.181. The Bertz CT molecular complexity index is 835. The first-order chi connectivity index (χ1) is 9.19. The van der Waals surface area contributed by atoms with E-state index in [1.807, 2.05) is 0 Å². The van der Waals surface area contributed by atoms with Gasteiger partial charge in [0.1, 0.15) is 0 Å². The number of carbonyl (C=O) groups excluding carboxylic acids is 1. The number of hydrogen-bond donors (Lipinski definition) is 0. The molecule has 3 heteroatoms. The molecule has 0 amide bonds. The van der Waals surface area contributed by atoms with Gasteiger partial charge in [0.25, 0.3) is 0 Å². The summed E-state index contributed by atoms with van der Waals surface area (Å²) in [4.78, 5) is 24.3. The van der Waals surface area contributed by atoms with Crippen LogP contribution in [0.25, 0.3) is 16.3 Å². The monoisotopic (exact) mass is 250 g/mol. The molecule has 1 aliphatic carbocycles. The third-order valence-corrected chi connectivity index (χ3v) is 3.25. The van der Waals surface area contributed by atoms with Crippen molar-refractivity contribution in [2.24, 2.45) is 0 Å². The predicted octanol–water partition coefficient (Wildman–Crippen LogP) is 3.11. The number of Topliss-reactive ketones (excluding diaryl/α,β-unsaturated/α-hetero) is 1. The number of benzene rings is 1. The Kier molecular flexibility index (Phi) is 2.35. The third-order valence-electron chi connectivity index (χ3n) is 3.25. The van der Waals surface area contributed by atoms with Crippen LogP contribution in [0.2, 0.25) is 0 Å². The highest BCUT2D eigenvalue weighted by Crippen LogP contribution is 2.36. The number of fused-ring (bicyclic) bond motifs is 3. The van der Waals surface area contributed by atoms with E-state index in [4.69, 9.17) is 4.42 Å². The van der Waals surface area contributed by atoms with Crippen molar-refractivity contribution in [3.8, 4) is 0 Å². The SMILES string of the molecule is C=CC1=C(C=C)c2oc(=O)c3ccccc3c2C1=O. The molecule has 1 aliphatic rings. The summed E-state index contributed by atoms with van der Waals surface area (Å²) in [7, 11) is 0. The fourth-order valence-electron chi connectivity index (χ4n) is 2.40. The molecule has 0 atom stereocenters. The molecule has 1 heterocycles. The molecule has 0 fully saturated rings. The lowest BCUT2D eigenvalue weighted by Gasteiger charge is -2.03. The van der Waals surface area contributed by atoms with E-state index < -0.39 is 5.63 Å². The van der Waals surface area contributed by atoms with E-state index >= 15 is 0 Å². The number of allylic oxidation sites excluding steroid dienone is 4. The molecule has 0 aliphatic heterocycles. The van der Waals surface area contributed by atoms with Crippen LogP contribution >= 0.6 is 0 Å². The molecule has 0 spiro atoms. The molecule has 3 nitrogen and oxygen atoms in total. The lowest BCUT2D eigenvalue weighted by atomic mass is 10.0. The predicted molar refractivity (Wildman–Crippen MR) is 74.1 cm³/mol. The van der Waals surface area contributed by atoms with Gasteiger partial charge < -0.3 is 4.42 Å². The average molecular weight is 250 g/mol. The van der Waals surface area contributed by atoms with Crippen molar-refractivity contribution < 1.29 is 9.21 Å². The molecule has 1 aromatic heterocycles. The van der Waals surface area contributed by atoms with Crippen LogP contribution in [0.4, 0.5) is 0 Å². The van der Waals surface area contributed by atoms with E-state index in [-0.39, 0.29) is 5.78 Å². The molecule has 19 heavy (non-hydrogen) atoms. The summed E-state index contributed by atoms with van der Waals surface area (Å²) in [5.41, 5.74) is 0.911. The Morgan fingerprint density at radius 3 is 2.21 bits per heavy atom. The number of carbonyl (C=O) groups is 1. The van der Waals surface area contributed by atoms with Crippen molar-refractivity contribution >= 4 is 22.1 Å². The molecule has 2 aromatic rings. The average Bonchev–Trinajstić information content (AvgIpc) is 2.70. The molecule has 0 radical (unpaired) electrons. The fraction of sp³-hybridized carbons (Fsp3) is 0. The van der Waals surface area contributed by atoms with E-state index in [0.717, 1.165) is 0 Å². The van der Waals surface area contributed by atoms with E-state index in [1.165, 1.54) is 12.2 Å². The maximum absolute atomic E-state index is 12.4. The lowest BCUT2D eigenvalue weighted by Crippen LogP contribution is -2.06. The van der Waals surface area contributed by atoms with Crippen LogP contribution in [0, 0.1) is 0 Å². The summed E-state index contributed by atoms with van der Waals surface area (Å²) < 4.78 is 5.29. The summed E-state index contributed by atoms with van der Waals surface area (Å²) >= 11 is 0. The van der Waals surface area contributed by atoms with Crippen LogP contribution in [0.5, 0.6) is 0 Å². The van der Waals surface area contributed by atoms with Gasteiger partial charge in [-0.25, -0.2) is 4.79 Å². The van der Waals surface area contributed by atoms with Crippen LogP contribution in [-0.2, 0) is 0 Å². The molecule has 0 unspecified atom stereocenters. The topological polar surface area (TPSA) is 47.3 Å². The summed E-state index contributed by atoms with van der Waals surface area (Å²) in [5, 5.41) is 1.01. The van der Waals surface area contributed by atoms with E-state index in [0.29, 0.717) is 33.2 Å². The Hall–Kier alpha value is -2.68. The maximum Gasteiger partial charge on any atom is 0.344 e. The van der Waals surface area contributed by atoms with E-state index in [9.17, 15) is 9.59 Å². The molecule has 92 valence electrons. The van der Waals surface area contributed by atoms with Crippen molar-refractivity contribution in [3.05, 3.63) is 76.9 Å². The fourth-order valence-corrected chi connectivity index (χ4v) is 2.40. The number of ketones is 1. The molecule has 0 N–H and O–H groups in total. The molecular formula is C16H10O3. The standard InChI is InChI=1S/C16H10O3/c1-3-9-10(4-2)15-13(14(9)17)11-7-5-6-8-12(11)16(18)19-15/h3-8H,1-2H2. The van der Waals surface area contributed by atoms with Gasteiger partial charge >= 0.3 is 5.63 Å². The summed E-state index contributed by atoms with van der Waals surface area (Å²) in [6.45, 7) is 7.29. The zero-order chi connectivity index (χ0) is 13.6. The molecule has 1 aromatic carbocycles. The number of hydrogen-bond acceptors (Lipinski definition) is 3. The Labute approximate surface area is 109 Å². The molecule has 0 saturated heterocycles. The van der Waals surface area contributed by atoms with E-state index in [1.54, 1.807) is 24.3 Å². The highest BCUT2D eigenvalue weighted by Gasteiger charge is 2.31. The molecule has 0 bridgehead atoms. The smallest absolute Gasteiger partial charge is 0.344 e. The minimum atomic E-state index is -0.452. The highest BCUT2D eigenvalue weighted by atomic mass is 16.4. The van der Waals surface area contributed by atoms with Gasteiger partial charge in [-0.05, 0) is 6.07 Å². The van der Waals surface area contributed by atoms with Gasteiger partial charge in [0.2, 0.25) is 0 Å². The van der Waals surface area contributed by atoms with Crippen molar-refractivity contribution in [3.63, 3.8) is 0 Å². The maximum atomic E-state index is 12.4. The lowest BCUT2D eigenvalue weighted by molar-refractivity contribution is 0.104. The second kappa shape index (κ2) is 3.92. The van der Waals surface area contributed by atoms with Gasteiger partial charge in [0.05, 0.1) is 10.9 Å². The van der Waals surface area contributed by atoms with E-state index in [2.05, 4.69) is 13.2 Å². The molecule has 3 rings (SSSR count). The van der Waals surface area contributed by atoms with Gasteiger partial charge in [0.15, 0.2) is 11.5 Å². The molecular weight excluding hydrogens is 240 g/mol. The second-order valence-electron chi connectivity index (χ2n) is 4.20. The minimum Gasteiger partial charge on any atom is -0.421 e. The van der Waals surface area contributed by atoms with Crippen LogP contribution < -0.4 is 5.63 Å². The van der Waals surface area contributed by atoms with Crippen LogP contribution in [0.3, 0.4) is 0 Å². The van der Waals surface area contributed by atoms with Crippen molar-refractivity contribution in [2.45, 2.75) is 0 Å². The van der Waals surface area contributed by atoms with Crippen LogP contribution in [-0.4, -0.2) is 5.78 Å². The Morgan fingerprint density at radius 1 is 0.947 bits per heavy atom. The summed E-state index contributed by atoms with van der Waals surface area (Å²) in [5.74, 6) is 0.110. The largest absolute Gasteiger partial charge is 0.421 e. The van der Waals surface area contributed by atoms with Gasteiger partial charge in [-0.2, -0.15) is 0 Å². The summed E-state index contributed by atoms with van der Waals surface area (Å²) in [6.07, 6.45) is 2.98. The van der Waals surface area contributed by atoms with Gasteiger partial charge in [-0.3, -0.25) is 4.79 Å². The highest BCUT2D eigenvalue weighted by molar-refractivity contribution is 6.27. The normalized spacial score (nSPS) is 13.8. The Balaban J connectivity index is 2.52. The van der Waals surface area contributed by atoms with Gasteiger partial charge in [-0.15, -0.1) is 0 Å².